The predicted molar refractivity (Wildman–Crippen MR) is 59.3 cm³/mol. The van der Waals surface area contributed by atoms with Gasteiger partial charge in [0.2, 0.25) is 0 Å². The van der Waals surface area contributed by atoms with Crippen molar-refractivity contribution in [2.45, 2.75) is 12.5 Å². The third-order valence-electron chi connectivity index (χ3n) is 1.72. The molecule has 1 atom stereocenters. The average molecular weight is 219 g/mol. The Labute approximate surface area is 88.9 Å². The van der Waals surface area contributed by atoms with Gasteiger partial charge in [0.1, 0.15) is 0 Å². The number of nitrogen functional groups attached to an aromatic ring is 2. The van der Waals surface area contributed by atoms with Gasteiger partial charge in [-0.25, -0.2) is 0 Å². The summed E-state index contributed by atoms with van der Waals surface area (Å²) in [4.78, 5) is 0. The minimum Gasteiger partial charge on any atom is -0.399 e. The highest BCUT2D eigenvalue weighted by molar-refractivity contribution is 5.85. The highest BCUT2D eigenvalue weighted by atomic mass is 35.5. The van der Waals surface area contributed by atoms with Crippen molar-refractivity contribution in [1.29, 1.82) is 0 Å². The predicted octanol–water partition coefficient (Wildman–Crippen LogP) is 0.169. The summed E-state index contributed by atoms with van der Waals surface area (Å²) >= 11 is 0. The number of halogens is 1. The Morgan fingerprint density at radius 3 is 2.07 bits per heavy atom. The van der Waals surface area contributed by atoms with Gasteiger partial charge in [-0.05, 0) is 23.8 Å². The molecule has 4 nitrogen and oxygen atoms in total. The molecule has 0 saturated heterocycles. The largest absolute Gasteiger partial charge is 0.399 e. The van der Waals surface area contributed by atoms with Gasteiger partial charge in [-0.2, -0.15) is 0 Å². The Bertz CT molecular complexity index is 274. The number of nitrogens with two attached hydrogens (primary N) is 2. The zero-order valence-corrected chi connectivity index (χ0v) is 8.50. The zero-order chi connectivity index (χ0) is 9.84. The minimum atomic E-state index is -0.749. The Hall–Kier alpha value is -0.970. The van der Waals surface area contributed by atoms with Crippen LogP contribution in [0.25, 0.3) is 0 Å². The number of aliphatic hydroxyl groups excluding tert-OH is 2. The maximum atomic E-state index is 9.16. The molecule has 1 aromatic rings. The number of hydrogen-bond acceptors (Lipinski definition) is 4. The van der Waals surface area contributed by atoms with Crippen molar-refractivity contribution in [3.8, 4) is 0 Å². The smallest absolute Gasteiger partial charge is 0.0811 e. The van der Waals surface area contributed by atoms with Gasteiger partial charge in [-0.3, -0.25) is 0 Å². The van der Waals surface area contributed by atoms with Gasteiger partial charge in [0.05, 0.1) is 12.7 Å². The van der Waals surface area contributed by atoms with E-state index in [1.807, 2.05) is 0 Å². The first-order chi connectivity index (χ1) is 6.11. The lowest BCUT2D eigenvalue weighted by Crippen LogP contribution is -2.15. The summed E-state index contributed by atoms with van der Waals surface area (Å²) in [6.07, 6.45) is -0.382. The summed E-state index contributed by atoms with van der Waals surface area (Å²) in [7, 11) is 0. The van der Waals surface area contributed by atoms with Crippen LogP contribution in [0.3, 0.4) is 0 Å². The maximum Gasteiger partial charge on any atom is 0.0811 e. The fraction of sp³-hybridized carbons (Fsp3) is 0.333. The molecule has 5 heteroatoms. The van der Waals surface area contributed by atoms with Crippen molar-refractivity contribution >= 4 is 23.8 Å². The van der Waals surface area contributed by atoms with E-state index in [1.165, 1.54) is 0 Å². The summed E-state index contributed by atoms with van der Waals surface area (Å²) in [5.74, 6) is 0. The van der Waals surface area contributed by atoms with E-state index < -0.39 is 6.10 Å². The van der Waals surface area contributed by atoms with Crippen LogP contribution in [0.1, 0.15) is 5.56 Å². The highest BCUT2D eigenvalue weighted by Gasteiger charge is 2.04. The Morgan fingerprint density at radius 1 is 1.14 bits per heavy atom. The molecule has 0 amide bonds. The molecular formula is C9H15ClN2O2. The van der Waals surface area contributed by atoms with Gasteiger partial charge in [-0.1, -0.05) is 0 Å². The van der Waals surface area contributed by atoms with Gasteiger partial charge in [0, 0.05) is 17.8 Å². The Morgan fingerprint density at radius 2 is 1.64 bits per heavy atom. The van der Waals surface area contributed by atoms with Crippen molar-refractivity contribution in [2.75, 3.05) is 18.1 Å². The summed E-state index contributed by atoms with van der Waals surface area (Å²) in [6, 6.07) is 5.11. The first kappa shape index (κ1) is 13.0. The van der Waals surface area contributed by atoms with Crippen molar-refractivity contribution in [3.63, 3.8) is 0 Å². The molecule has 0 aromatic heterocycles. The van der Waals surface area contributed by atoms with Crippen LogP contribution < -0.4 is 11.5 Å². The van der Waals surface area contributed by atoms with E-state index in [9.17, 15) is 0 Å². The number of anilines is 2. The first-order valence-corrected chi connectivity index (χ1v) is 4.05. The molecule has 1 unspecified atom stereocenters. The Kier molecular flexibility index (Phi) is 5.30. The number of rotatable bonds is 3. The topological polar surface area (TPSA) is 92.5 Å². The number of aliphatic hydroxyl groups is 2. The van der Waals surface area contributed by atoms with E-state index in [0.717, 1.165) is 5.56 Å². The molecule has 0 bridgehead atoms. The molecule has 0 heterocycles. The minimum absolute atomic E-state index is 0. The van der Waals surface area contributed by atoms with Gasteiger partial charge in [0.25, 0.3) is 0 Å². The monoisotopic (exact) mass is 218 g/mol. The average Bonchev–Trinajstić information content (AvgIpc) is 2.02. The second-order valence-corrected chi connectivity index (χ2v) is 3.05. The van der Waals surface area contributed by atoms with Gasteiger partial charge in [-0.15, -0.1) is 12.4 Å². The molecule has 0 radical (unpaired) electrons. The van der Waals surface area contributed by atoms with Gasteiger partial charge >= 0.3 is 0 Å². The molecule has 0 aliphatic heterocycles. The highest BCUT2D eigenvalue weighted by Crippen LogP contribution is 2.14. The molecule has 1 aromatic carbocycles. The van der Waals surface area contributed by atoms with E-state index in [4.69, 9.17) is 21.7 Å². The molecular weight excluding hydrogens is 204 g/mol. The quantitative estimate of drug-likeness (QED) is 0.544. The van der Waals surface area contributed by atoms with E-state index in [1.54, 1.807) is 18.2 Å². The van der Waals surface area contributed by atoms with Crippen molar-refractivity contribution in [2.24, 2.45) is 0 Å². The molecule has 0 fully saturated rings. The Balaban J connectivity index is 0.00000169. The summed E-state index contributed by atoms with van der Waals surface area (Å²) in [6.45, 7) is -0.255. The third-order valence-corrected chi connectivity index (χ3v) is 1.72. The van der Waals surface area contributed by atoms with Crippen LogP contribution in [0, 0.1) is 0 Å². The molecule has 80 valence electrons. The van der Waals surface area contributed by atoms with Crippen LogP contribution in [0.4, 0.5) is 11.4 Å². The van der Waals surface area contributed by atoms with Crippen LogP contribution in [0.5, 0.6) is 0 Å². The van der Waals surface area contributed by atoms with Crippen molar-refractivity contribution < 1.29 is 10.2 Å². The fourth-order valence-corrected chi connectivity index (χ4v) is 1.20. The molecule has 0 spiro atoms. The third kappa shape index (κ3) is 3.83. The van der Waals surface area contributed by atoms with Crippen LogP contribution in [-0.2, 0) is 6.42 Å². The normalized spacial score (nSPS) is 11.9. The van der Waals surface area contributed by atoms with Crippen molar-refractivity contribution in [3.05, 3.63) is 23.8 Å². The van der Waals surface area contributed by atoms with Crippen LogP contribution >= 0.6 is 12.4 Å². The lowest BCUT2D eigenvalue weighted by molar-refractivity contribution is 0.0955. The van der Waals surface area contributed by atoms with E-state index in [-0.39, 0.29) is 19.0 Å². The van der Waals surface area contributed by atoms with Gasteiger partial charge in [0.15, 0.2) is 0 Å². The molecule has 0 aliphatic carbocycles. The molecule has 0 aliphatic rings. The lowest BCUT2D eigenvalue weighted by Gasteiger charge is -2.08. The number of benzene rings is 1. The molecule has 0 saturated carbocycles. The maximum absolute atomic E-state index is 9.16. The van der Waals surface area contributed by atoms with Crippen LogP contribution in [-0.4, -0.2) is 22.9 Å². The summed E-state index contributed by atoms with van der Waals surface area (Å²) < 4.78 is 0. The lowest BCUT2D eigenvalue weighted by atomic mass is 10.1. The number of hydrogen-bond donors (Lipinski definition) is 4. The molecule has 6 N–H and O–H groups in total. The van der Waals surface area contributed by atoms with Crippen LogP contribution in [0.2, 0.25) is 0 Å². The zero-order valence-electron chi connectivity index (χ0n) is 7.68. The fourth-order valence-electron chi connectivity index (χ4n) is 1.20. The van der Waals surface area contributed by atoms with Crippen molar-refractivity contribution in [1.82, 2.24) is 0 Å². The molecule has 14 heavy (non-hydrogen) atoms. The SMILES string of the molecule is Cl.Nc1cc(N)cc(CC(O)CO)c1. The molecule has 1 rings (SSSR count). The second kappa shape index (κ2) is 5.70. The van der Waals surface area contributed by atoms with E-state index in [2.05, 4.69) is 0 Å². The summed E-state index contributed by atoms with van der Waals surface area (Å²) in [5.41, 5.74) is 13.1. The first-order valence-electron chi connectivity index (χ1n) is 4.05. The summed E-state index contributed by atoms with van der Waals surface area (Å²) in [5, 5.41) is 17.8. The van der Waals surface area contributed by atoms with Gasteiger partial charge < -0.3 is 21.7 Å². The van der Waals surface area contributed by atoms with Crippen LogP contribution in [0.15, 0.2) is 18.2 Å². The van der Waals surface area contributed by atoms with E-state index in [0.29, 0.717) is 17.8 Å². The standard InChI is InChI=1S/C9H14N2O2.ClH/c10-7-1-6(2-8(11)4-7)3-9(13)5-12;/h1-2,4,9,12-13H,3,5,10-11H2;1H. The van der Waals surface area contributed by atoms with E-state index >= 15 is 0 Å². The second-order valence-electron chi connectivity index (χ2n) is 3.05.